The van der Waals surface area contributed by atoms with Gasteiger partial charge in [0.2, 0.25) is 0 Å². The van der Waals surface area contributed by atoms with Crippen LogP contribution >= 0.6 is 0 Å². The summed E-state index contributed by atoms with van der Waals surface area (Å²) in [6.45, 7) is 11.6. The Morgan fingerprint density at radius 2 is 1.70 bits per heavy atom. The Bertz CT molecular complexity index is 107. The SMILES string of the molecule is C=C.C=CC=CC=CCC. The van der Waals surface area contributed by atoms with Crippen molar-refractivity contribution in [2.75, 3.05) is 0 Å². The summed E-state index contributed by atoms with van der Waals surface area (Å²) in [6, 6.07) is 0. The summed E-state index contributed by atoms with van der Waals surface area (Å²) < 4.78 is 0. The molecule has 0 aromatic carbocycles. The quantitative estimate of drug-likeness (QED) is 0.411. The van der Waals surface area contributed by atoms with Crippen LogP contribution in [0.15, 0.2) is 50.1 Å². The molecule has 0 N–H and O–H groups in total. The van der Waals surface area contributed by atoms with Gasteiger partial charge < -0.3 is 0 Å². The Morgan fingerprint density at radius 3 is 2.10 bits per heavy atom. The van der Waals surface area contributed by atoms with Crippen molar-refractivity contribution in [3.8, 4) is 0 Å². The van der Waals surface area contributed by atoms with Gasteiger partial charge >= 0.3 is 0 Å². The van der Waals surface area contributed by atoms with Crippen molar-refractivity contribution in [3.63, 3.8) is 0 Å². The molecule has 0 rings (SSSR count). The highest BCUT2D eigenvalue weighted by Crippen LogP contribution is 1.80. The van der Waals surface area contributed by atoms with Crippen LogP contribution in [0.2, 0.25) is 0 Å². The zero-order valence-electron chi connectivity index (χ0n) is 6.72. The summed E-state index contributed by atoms with van der Waals surface area (Å²) in [5.41, 5.74) is 0. The van der Waals surface area contributed by atoms with E-state index in [2.05, 4.69) is 32.7 Å². The van der Waals surface area contributed by atoms with Crippen LogP contribution in [-0.4, -0.2) is 0 Å². The lowest BCUT2D eigenvalue weighted by atomic mass is 10.4. The van der Waals surface area contributed by atoms with Crippen molar-refractivity contribution in [2.45, 2.75) is 13.3 Å². The summed E-state index contributed by atoms with van der Waals surface area (Å²) in [7, 11) is 0. The lowest BCUT2D eigenvalue weighted by molar-refractivity contribution is 1.22. The average Bonchev–Trinajstić information content (AvgIpc) is 2.02. The van der Waals surface area contributed by atoms with Crippen LogP contribution in [0.4, 0.5) is 0 Å². The molecule has 0 atom stereocenters. The third-order valence-electron chi connectivity index (χ3n) is 0.730. The molecular formula is C10H16. The van der Waals surface area contributed by atoms with Crippen molar-refractivity contribution in [1.29, 1.82) is 0 Å². The molecule has 0 saturated carbocycles. The van der Waals surface area contributed by atoms with Crippen molar-refractivity contribution in [3.05, 3.63) is 50.1 Å². The van der Waals surface area contributed by atoms with Crippen LogP contribution in [0.1, 0.15) is 13.3 Å². The van der Waals surface area contributed by atoms with E-state index in [1.165, 1.54) is 0 Å². The average molecular weight is 136 g/mol. The predicted molar refractivity (Wildman–Crippen MR) is 50.0 cm³/mol. The van der Waals surface area contributed by atoms with Crippen molar-refractivity contribution in [2.24, 2.45) is 0 Å². The minimum Gasteiger partial charge on any atom is -0.106 e. The van der Waals surface area contributed by atoms with Gasteiger partial charge in [0.05, 0.1) is 0 Å². The molecule has 0 aromatic heterocycles. The molecule has 0 aliphatic carbocycles. The number of allylic oxidation sites excluding steroid dienone is 5. The third-order valence-corrected chi connectivity index (χ3v) is 0.730. The summed E-state index contributed by atoms with van der Waals surface area (Å²) in [4.78, 5) is 0. The van der Waals surface area contributed by atoms with Gasteiger partial charge in [0.1, 0.15) is 0 Å². The van der Waals surface area contributed by atoms with Crippen LogP contribution in [0.5, 0.6) is 0 Å². The van der Waals surface area contributed by atoms with E-state index in [1.807, 2.05) is 18.2 Å². The van der Waals surface area contributed by atoms with Crippen molar-refractivity contribution >= 4 is 0 Å². The lowest BCUT2D eigenvalue weighted by Crippen LogP contribution is -1.49. The van der Waals surface area contributed by atoms with Crippen LogP contribution < -0.4 is 0 Å². The second-order valence-electron chi connectivity index (χ2n) is 1.46. The van der Waals surface area contributed by atoms with E-state index < -0.39 is 0 Å². The molecule has 0 bridgehead atoms. The summed E-state index contributed by atoms with van der Waals surface area (Å²) >= 11 is 0. The first-order chi connectivity index (χ1) is 4.91. The standard InChI is InChI=1S/C8H12.C2H4/c1-3-5-7-8-6-4-2;1-2/h3,5-8H,1,4H2,2H3;1-2H2. The fourth-order valence-corrected chi connectivity index (χ4v) is 0.357. The molecule has 0 nitrogen and oxygen atoms in total. The molecule has 0 aliphatic heterocycles. The highest BCUT2D eigenvalue weighted by atomic mass is 13.7. The van der Waals surface area contributed by atoms with Crippen molar-refractivity contribution in [1.82, 2.24) is 0 Å². The summed E-state index contributed by atoms with van der Waals surface area (Å²) in [5, 5.41) is 0. The van der Waals surface area contributed by atoms with Gasteiger partial charge in [-0.2, -0.15) is 0 Å². The molecular weight excluding hydrogens is 120 g/mol. The van der Waals surface area contributed by atoms with Gasteiger partial charge in [-0.05, 0) is 6.42 Å². The van der Waals surface area contributed by atoms with E-state index in [4.69, 9.17) is 0 Å². The largest absolute Gasteiger partial charge is 0.106 e. The van der Waals surface area contributed by atoms with Gasteiger partial charge in [0.15, 0.2) is 0 Å². The van der Waals surface area contributed by atoms with E-state index in [0.29, 0.717) is 0 Å². The Labute approximate surface area is 64.3 Å². The molecule has 0 heteroatoms. The fraction of sp³-hybridized carbons (Fsp3) is 0.200. The molecule has 10 heavy (non-hydrogen) atoms. The fourth-order valence-electron chi connectivity index (χ4n) is 0.357. The van der Waals surface area contributed by atoms with Gasteiger partial charge in [0, 0.05) is 0 Å². The van der Waals surface area contributed by atoms with Crippen LogP contribution in [0.3, 0.4) is 0 Å². The number of hydrogen-bond donors (Lipinski definition) is 0. The first-order valence-corrected chi connectivity index (χ1v) is 3.36. The second kappa shape index (κ2) is 15.7. The van der Waals surface area contributed by atoms with Gasteiger partial charge in [-0.3, -0.25) is 0 Å². The molecule has 56 valence electrons. The Kier molecular flexibility index (Phi) is 18.4. The zero-order valence-corrected chi connectivity index (χ0v) is 6.72. The van der Waals surface area contributed by atoms with E-state index in [1.54, 1.807) is 6.08 Å². The minimum absolute atomic E-state index is 1.10. The zero-order chi connectivity index (χ0) is 8.24. The highest BCUT2D eigenvalue weighted by Gasteiger charge is 1.59. The number of rotatable bonds is 3. The van der Waals surface area contributed by atoms with E-state index >= 15 is 0 Å². The van der Waals surface area contributed by atoms with E-state index in [0.717, 1.165) is 6.42 Å². The number of hydrogen-bond acceptors (Lipinski definition) is 0. The Balaban J connectivity index is 0. The molecule has 0 aromatic rings. The summed E-state index contributed by atoms with van der Waals surface area (Å²) in [6.07, 6.45) is 10.9. The maximum atomic E-state index is 3.54. The molecule has 0 radical (unpaired) electrons. The van der Waals surface area contributed by atoms with Gasteiger partial charge in [-0.15, -0.1) is 13.2 Å². The van der Waals surface area contributed by atoms with Crippen LogP contribution in [0.25, 0.3) is 0 Å². The molecule has 0 spiro atoms. The minimum atomic E-state index is 1.10. The first kappa shape index (κ1) is 11.7. The van der Waals surface area contributed by atoms with E-state index in [9.17, 15) is 0 Å². The first-order valence-electron chi connectivity index (χ1n) is 3.36. The molecule has 0 saturated heterocycles. The maximum Gasteiger partial charge on any atom is -0.0376 e. The van der Waals surface area contributed by atoms with Crippen LogP contribution in [0, 0.1) is 0 Å². The second-order valence-corrected chi connectivity index (χ2v) is 1.46. The normalized spacial score (nSPS) is 9.30. The lowest BCUT2D eigenvalue weighted by Gasteiger charge is -1.71. The molecule has 0 amide bonds. The summed E-state index contributed by atoms with van der Waals surface area (Å²) in [5.74, 6) is 0. The van der Waals surface area contributed by atoms with Gasteiger partial charge in [-0.25, -0.2) is 0 Å². The Hall–Kier alpha value is -1.04. The Morgan fingerprint density at radius 1 is 1.10 bits per heavy atom. The van der Waals surface area contributed by atoms with Gasteiger partial charge in [-0.1, -0.05) is 43.9 Å². The topological polar surface area (TPSA) is 0 Å². The van der Waals surface area contributed by atoms with E-state index in [-0.39, 0.29) is 0 Å². The monoisotopic (exact) mass is 136 g/mol. The molecule has 0 heterocycles. The molecule has 0 unspecified atom stereocenters. The van der Waals surface area contributed by atoms with Crippen LogP contribution in [-0.2, 0) is 0 Å². The van der Waals surface area contributed by atoms with Crippen molar-refractivity contribution < 1.29 is 0 Å². The van der Waals surface area contributed by atoms with Gasteiger partial charge in [0.25, 0.3) is 0 Å². The molecule has 0 aliphatic rings. The maximum absolute atomic E-state index is 3.54. The molecule has 0 fully saturated rings. The smallest absolute Gasteiger partial charge is 0.0376 e. The predicted octanol–water partition coefficient (Wildman–Crippen LogP) is 3.50. The third kappa shape index (κ3) is 15.8. The highest BCUT2D eigenvalue weighted by molar-refractivity contribution is 5.08.